The number of hydrogen-bond donors (Lipinski definition) is 2. The lowest BCUT2D eigenvalue weighted by molar-refractivity contribution is -0.142. The Morgan fingerprint density at radius 2 is 1.88 bits per heavy atom. The third-order valence-electron chi connectivity index (χ3n) is 5.31. The van der Waals surface area contributed by atoms with Crippen molar-refractivity contribution in [1.29, 1.82) is 0 Å². The maximum Gasteiger partial charge on any atom is 0.313 e. The Hall–Kier alpha value is -2.38. The number of alkyl halides is 2. The van der Waals surface area contributed by atoms with Gasteiger partial charge in [0.25, 0.3) is 5.92 Å². The highest BCUT2D eigenvalue weighted by atomic mass is 19.3. The van der Waals surface area contributed by atoms with Gasteiger partial charge in [-0.1, -0.05) is 0 Å². The number of ether oxygens (including phenoxy) is 2. The summed E-state index contributed by atoms with van der Waals surface area (Å²) in [6.45, 7) is 1.90. The number of carbonyl (C=O) groups is 2. The van der Waals surface area contributed by atoms with E-state index in [1.807, 2.05) is 0 Å². The summed E-state index contributed by atoms with van der Waals surface area (Å²) in [4.78, 5) is 23.2. The molecule has 3 aliphatic rings. The van der Waals surface area contributed by atoms with Crippen LogP contribution in [0.5, 0.6) is 11.5 Å². The number of hydrogen-bond acceptors (Lipinski definition) is 4. The highest BCUT2D eigenvalue weighted by Gasteiger charge is 2.87. The Kier molecular flexibility index (Phi) is 2.90. The van der Waals surface area contributed by atoms with Gasteiger partial charge in [-0.2, -0.15) is 0 Å². The normalized spacial score (nSPS) is 31.5. The van der Waals surface area contributed by atoms with Crippen LogP contribution in [0.15, 0.2) is 12.1 Å². The molecule has 24 heavy (non-hydrogen) atoms. The van der Waals surface area contributed by atoms with Gasteiger partial charge in [0.15, 0.2) is 11.5 Å². The molecule has 0 bridgehead atoms. The third-order valence-corrected chi connectivity index (χ3v) is 5.31. The van der Waals surface area contributed by atoms with E-state index in [0.29, 0.717) is 17.2 Å². The zero-order chi connectivity index (χ0) is 17.3. The molecule has 2 N–H and O–H groups in total. The van der Waals surface area contributed by atoms with E-state index in [9.17, 15) is 18.4 Å². The predicted molar refractivity (Wildman–Crippen MR) is 77.2 cm³/mol. The first-order valence-corrected chi connectivity index (χ1v) is 7.58. The number of halogens is 2. The number of carboxylic acids is 1. The monoisotopic (exact) mass is 339 g/mol. The fourth-order valence-electron chi connectivity index (χ4n) is 3.83. The maximum absolute atomic E-state index is 13.7. The van der Waals surface area contributed by atoms with Crippen molar-refractivity contribution in [3.05, 3.63) is 17.7 Å². The van der Waals surface area contributed by atoms with Crippen LogP contribution < -0.4 is 14.8 Å². The quantitative estimate of drug-likeness (QED) is 0.883. The molecule has 2 fully saturated rings. The largest absolute Gasteiger partial charge is 0.481 e. The third kappa shape index (κ3) is 1.85. The molecule has 0 radical (unpaired) electrons. The molecule has 8 heteroatoms. The average molecular weight is 339 g/mol. The number of carbonyl (C=O) groups excluding carboxylic acids is 1. The lowest BCUT2D eigenvalue weighted by Crippen LogP contribution is -2.39. The molecule has 1 aromatic carbocycles. The molecular formula is C16H15F2NO5. The average Bonchev–Trinajstić information content (AvgIpc) is 2.74. The maximum atomic E-state index is 13.7. The molecule has 128 valence electrons. The fourth-order valence-corrected chi connectivity index (χ4v) is 3.83. The van der Waals surface area contributed by atoms with Gasteiger partial charge < -0.3 is 19.9 Å². The lowest BCUT2D eigenvalue weighted by atomic mass is 9.69. The standard InChI is InChI=1S/C16H15F2NO5/c1-7-2-10-11(24-6-23-10)3-9(7)19-13(20)8-4-15(5-8)12(14(21)22)16(15,17)18/h2-3,8,12H,4-6H2,1H3,(H,19,20)(H,21,22). The molecule has 2 aliphatic carbocycles. The molecule has 1 unspecified atom stereocenters. The van der Waals surface area contributed by atoms with Gasteiger partial charge in [0.05, 0.1) is 5.41 Å². The molecule has 1 heterocycles. The Bertz CT molecular complexity index is 757. The summed E-state index contributed by atoms with van der Waals surface area (Å²) in [5.41, 5.74) is -0.241. The number of nitrogens with one attached hydrogen (secondary N) is 1. The number of carboxylic acid groups (broad SMARTS) is 1. The first-order valence-electron chi connectivity index (χ1n) is 7.58. The van der Waals surface area contributed by atoms with Crippen molar-refractivity contribution in [2.75, 3.05) is 12.1 Å². The van der Waals surface area contributed by atoms with Crippen molar-refractivity contribution in [3.63, 3.8) is 0 Å². The van der Waals surface area contributed by atoms with Crippen LogP contribution in [0.25, 0.3) is 0 Å². The molecular weight excluding hydrogens is 324 g/mol. The minimum atomic E-state index is -3.22. The van der Waals surface area contributed by atoms with Crippen LogP contribution in [-0.4, -0.2) is 29.7 Å². The minimum Gasteiger partial charge on any atom is -0.481 e. The molecule has 0 aromatic heterocycles. The number of amides is 1. The van der Waals surface area contributed by atoms with E-state index < -0.39 is 29.1 Å². The molecule has 0 saturated heterocycles. The number of aryl methyl sites for hydroxylation is 1. The predicted octanol–water partition coefficient (Wildman–Crippen LogP) is 2.41. The van der Waals surface area contributed by atoms with Crippen molar-refractivity contribution < 1.29 is 33.0 Å². The van der Waals surface area contributed by atoms with E-state index in [1.54, 1.807) is 19.1 Å². The van der Waals surface area contributed by atoms with Crippen LogP contribution in [0, 0.1) is 24.2 Å². The van der Waals surface area contributed by atoms with Crippen LogP contribution in [0.1, 0.15) is 18.4 Å². The Morgan fingerprint density at radius 3 is 2.46 bits per heavy atom. The van der Waals surface area contributed by atoms with E-state index in [-0.39, 0.29) is 25.5 Å². The van der Waals surface area contributed by atoms with Gasteiger partial charge in [0.1, 0.15) is 5.92 Å². The zero-order valence-electron chi connectivity index (χ0n) is 12.8. The Morgan fingerprint density at radius 1 is 1.25 bits per heavy atom. The smallest absolute Gasteiger partial charge is 0.313 e. The van der Waals surface area contributed by atoms with E-state index in [4.69, 9.17) is 14.6 Å². The van der Waals surface area contributed by atoms with Gasteiger partial charge in [0.2, 0.25) is 12.7 Å². The molecule has 1 aromatic rings. The van der Waals surface area contributed by atoms with Gasteiger partial charge in [-0.05, 0) is 31.4 Å². The number of rotatable bonds is 3. The van der Waals surface area contributed by atoms with Gasteiger partial charge in [0, 0.05) is 17.7 Å². The second-order valence-corrected chi connectivity index (χ2v) is 6.67. The first kappa shape index (κ1) is 15.2. The summed E-state index contributed by atoms with van der Waals surface area (Å²) in [6.07, 6.45) is -0.210. The van der Waals surface area contributed by atoms with Gasteiger partial charge in [-0.25, -0.2) is 8.78 Å². The minimum absolute atomic E-state index is 0.105. The van der Waals surface area contributed by atoms with Crippen molar-refractivity contribution in [2.24, 2.45) is 17.3 Å². The van der Waals surface area contributed by atoms with E-state index >= 15 is 0 Å². The summed E-state index contributed by atoms with van der Waals surface area (Å²) >= 11 is 0. The van der Waals surface area contributed by atoms with Crippen LogP contribution in [0.4, 0.5) is 14.5 Å². The first-order chi connectivity index (χ1) is 11.3. The summed E-state index contributed by atoms with van der Waals surface area (Å²) in [5.74, 6) is -6.26. The SMILES string of the molecule is Cc1cc2c(cc1NC(=O)C1CC3(C1)C(C(=O)O)C3(F)F)OCO2. The van der Waals surface area contributed by atoms with Crippen LogP contribution >= 0.6 is 0 Å². The van der Waals surface area contributed by atoms with Gasteiger partial charge in [-0.3, -0.25) is 9.59 Å². The molecule has 1 atom stereocenters. The van der Waals surface area contributed by atoms with Crippen molar-refractivity contribution in [1.82, 2.24) is 0 Å². The number of aliphatic carboxylic acids is 1. The second-order valence-electron chi connectivity index (χ2n) is 6.67. The molecule has 1 aliphatic heterocycles. The number of benzene rings is 1. The highest BCUT2D eigenvalue weighted by molar-refractivity contribution is 5.95. The van der Waals surface area contributed by atoms with Crippen LogP contribution in [0.3, 0.4) is 0 Å². The summed E-state index contributed by atoms with van der Waals surface area (Å²) in [6, 6.07) is 3.37. The van der Waals surface area contributed by atoms with E-state index in [2.05, 4.69) is 5.32 Å². The van der Waals surface area contributed by atoms with Crippen LogP contribution in [0.2, 0.25) is 0 Å². The number of fused-ring (bicyclic) bond motifs is 1. The molecule has 1 amide bonds. The van der Waals surface area contributed by atoms with E-state index in [0.717, 1.165) is 5.56 Å². The Balaban J connectivity index is 1.44. The van der Waals surface area contributed by atoms with Crippen molar-refractivity contribution >= 4 is 17.6 Å². The molecule has 2 saturated carbocycles. The number of anilines is 1. The van der Waals surface area contributed by atoms with Crippen molar-refractivity contribution in [2.45, 2.75) is 25.7 Å². The Labute approximate surface area is 135 Å². The highest BCUT2D eigenvalue weighted by Crippen LogP contribution is 2.76. The second kappa shape index (κ2) is 4.58. The summed E-state index contributed by atoms with van der Waals surface area (Å²) < 4.78 is 37.9. The van der Waals surface area contributed by atoms with Gasteiger partial charge in [-0.15, -0.1) is 0 Å². The van der Waals surface area contributed by atoms with E-state index in [1.165, 1.54) is 0 Å². The summed E-state index contributed by atoms with van der Waals surface area (Å²) in [7, 11) is 0. The lowest BCUT2D eigenvalue weighted by Gasteiger charge is -2.35. The molecule has 4 rings (SSSR count). The molecule has 6 nitrogen and oxygen atoms in total. The van der Waals surface area contributed by atoms with Crippen molar-refractivity contribution in [3.8, 4) is 11.5 Å². The van der Waals surface area contributed by atoms with Gasteiger partial charge >= 0.3 is 5.97 Å². The zero-order valence-corrected chi connectivity index (χ0v) is 12.8. The molecule has 1 spiro atoms. The summed E-state index contributed by atoms with van der Waals surface area (Å²) in [5, 5.41) is 11.6. The van der Waals surface area contributed by atoms with Crippen LogP contribution in [-0.2, 0) is 9.59 Å². The topological polar surface area (TPSA) is 84.9 Å². The fraction of sp³-hybridized carbons (Fsp3) is 0.500.